The van der Waals surface area contributed by atoms with E-state index in [0.29, 0.717) is 5.88 Å². The van der Waals surface area contributed by atoms with Crippen LogP contribution in [-0.4, -0.2) is 13.1 Å². The summed E-state index contributed by atoms with van der Waals surface area (Å²) >= 11 is 9.58. The predicted molar refractivity (Wildman–Crippen MR) is 88.1 cm³/mol. The molecule has 3 heteroatoms. The van der Waals surface area contributed by atoms with Crippen LogP contribution in [0, 0.1) is 11.8 Å². The van der Waals surface area contributed by atoms with Crippen molar-refractivity contribution in [2.45, 2.75) is 39.0 Å². The second-order valence-corrected chi connectivity index (χ2v) is 6.96. The number of alkyl halides is 1. The van der Waals surface area contributed by atoms with Crippen LogP contribution < -0.4 is 4.90 Å². The summed E-state index contributed by atoms with van der Waals surface area (Å²) in [5, 5.41) is 0. The van der Waals surface area contributed by atoms with Gasteiger partial charge in [0.25, 0.3) is 0 Å². The van der Waals surface area contributed by atoms with Gasteiger partial charge >= 0.3 is 0 Å². The molecule has 0 spiro atoms. The third-order valence-electron chi connectivity index (χ3n) is 4.22. The molecule has 0 N–H and O–H groups in total. The van der Waals surface area contributed by atoms with E-state index in [1.807, 2.05) is 0 Å². The van der Waals surface area contributed by atoms with Crippen molar-refractivity contribution in [2.24, 2.45) is 11.8 Å². The molecule has 1 atom stereocenters. The monoisotopic (exact) mass is 343 g/mol. The Bertz CT molecular complexity index is 419. The largest absolute Gasteiger partial charge is 0.371 e. The number of halogens is 2. The zero-order chi connectivity index (χ0) is 13.8. The molecule has 0 aliphatic carbocycles. The van der Waals surface area contributed by atoms with Crippen molar-refractivity contribution in [1.82, 2.24) is 0 Å². The van der Waals surface area contributed by atoms with E-state index < -0.39 is 0 Å². The van der Waals surface area contributed by atoms with E-state index >= 15 is 0 Å². The van der Waals surface area contributed by atoms with E-state index in [4.69, 9.17) is 11.6 Å². The number of anilines is 1. The van der Waals surface area contributed by atoms with E-state index in [9.17, 15) is 0 Å². The predicted octanol–water partition coefficient (Wildman–Crippen LogP) is 5.45. The first kappa shape index (κ1) is 15.2. The molecule has 0 saturated carbocycles. The molecule has 106 valence electrons. The zero-order valence-corrected chi connectivity index (χ0v) is 14.2. The molecular formula is C16H23BrClN. The molecule has 0 bridgehead atoms. The molecule has 1 aromatic carbocycles. The summed E-state index contributed by atoms with van der Waals surface area (Å²) in [7, 11) is 0. The van der Waals surface area contributed by atoms with Gasteiger partial charge in [-0.1, -0.05) is 19.9 Å². The van der Waals surface area contributed by atoms with E-state index in [-0.39, 0.29) is 0 Å². The van der Waals surface area contributed by atoms with Crippen LogP contribution in [0.4, 0.5) is 5.69 Å². The fourth-order valence-electron chi connectivity index (χ4n) is 2.92. The molecule has 1 fully saturated rings. The van der Waals surface area contributed by atoms with Gasteiger partial charge in [-0.25, -0.2) is 0 Å². The molecule has 1 aliphatic rings. The van der Waals surface area contributed by atoms with Crippen molar-refractivity contribution < 1.29 is 0 Å². The fourth-order valence-corrected chi connectivity index (χ4v) is 3.76. The van der Waals surface area contributed by atoms with Crippen molar-refractivity contribution in [3.05, 3.63) is 28.2 Å². The molecule has 0 radical (unpaired) electrons. The first-order valence-corrected chi connectivity index (χ1v) is 8.54. The summed E-state index contributed by atoms with van der Waals surface area (Å²) in [4.78, 5) is 2.52. The highest BCUT2D eigenvalue weighted by molar-refractivity contribution is 9.10. The Morgan fingerprint density at radius 1 is 1.32 bits per heavy atom. The lowest BCUT2D eigenvalue weighted by molar-refractivity contribution is 0.351. The average Bonchev–Trinajstić information content (AvgIpc) is 2.64. The minimum Gasteiger partial charge on any atom is -0.371 e. The molecular weight excluding hydrogens is 322 g/mol. The second kappa shape index (κ2) is 6.99. The third kappa shape index (κ3) is 3.88. The zero-order valence-electron chi connectivity index (χ0n) is 11.8. The maximum absolute atomic E-state index is 5.88. The Hall–Kier alpha value is -0.210. The van der Waals surface area contributed by atoms with Gasteiger partial charge in [0.05, 0.1) is 5.69 Å². The third-order valence-corrected chi connectivity index (χ3v) is 5.17. The molecule has 2 rings (SSSR count). The molecule has 19 heavy (non-hydrogen) atoms. The number of hydrogen-bond acceptors (Lipinski definition) is 1. The number of benzene rings is 1. The summed E-state index contributed by atoms with van der Waals surface area (Å²) < 4.78 is 1.17. The molecule has 0 aromatic heterocycles. The quantitative estimate of drug-likeness (QED) is 0.659. The van der Waals surface area contributed by atoms with Gasteiger partial charge in [-0.15, -0.1) is 11.6 Å². The van der Waals surface area contributed by atoms with Crippen LogP contribution >= 0.6 is 27.5 Å². The van der Waals surface area contributed by atoms with Gasteiger partial charge in [0.1, 0.15) is 0 Å². The van der Waals surface area contributed by atoms with Crippen molar-refractivity contribution in [1.29, 1.82) is 0 Å². The summed E-state index contributed by atoms with van der Waals surface area (Å²) in [6.45, 7) is 7.04. The van der Waals surface area contributed by atoms with Gasteiger partial charge in [0, 0.05) is 23.4 Å². The Kier molecular flexibility index (Phi) is 5.58. The normalized spacial score (nSPS) is 20.7. The second-order valence-electron chi connectivity index (χ2n) is 5.84. The molecule has 1 aliphatic heterocycles. The molecule has 1 saturated heterocycles. The number of nitrogens with zero attached hydrogens (tertiary/aromatic N) is 1. The van der Waals surface area contributed by atoms with E-state index in [1.165, 1.54) is 48.1 Å². The standard InChI is InChI=1S/C16H23BrClN/c1-12(2)14-4-3-8-19(9-7-14)16-6-5-13(11-18)10-15(16)17/h5-6,10,12,14H,3-4,7-9,11H2,1-2H3. The molecule has 1 heterocycles. The van der Waals surface area contributed by atoms with Gasteiger partial charge in [-0.2, -0.15) is 0 Å². The lowest BCUT2D eigenvalue weighted by Gasteiger charge is -2.25. The van der Waals surface area contributed by atoms with Crippen LogP contribution in [-0.2, 0) is 5.88 Å². The van der Waals surface area contributed by atoms with Gasteiger partial charge in [0.15, 0.2) is 0 Å². The Morgan fingerprint density at radius 3 is 2.74 bits per heavy atom. The Labute approximate surface area is 130 Å². The van der Waals surface area contributed by atoms with Crippen molar-refractivity contribution in [3.8, 4) is 0 Å². The number of hydrogen-bond donors (Lipinski definition) is 0. The Morgan fingerprint density at radius 2 is 2.11 bits per heavy atom. The van der Waals surface area contributed by atoms with Crippen LogP contribution in [0.25, 0.3) is 0 Å². The molecule has 0 amide bonds. The first-order valence-electron chi connectivity index (χ1n) is 7.21. The van der Waals surface area contributed by atoms with Gasteiger partial charge in [-0.3, -0.25) is 0 Å². The topological polar surface area (TPSA) is 3.24 Å². The molecule has 1 unspecified atom stereocenters. The van der Waals surface area contributed by atoms with Crippen LogP contribution in [0.2, 0.25) is 0 Å². The van der Waals surface area contributed by atoms with Gasteiger partial charge in [0.2, 0.25) is 0 Å². The minimum atomic E-state index is 0.578. The first-order chi connectivity index (χ1) is 9.11. The van der Waals surface area contributed by atoms with Crippen molar-refractivity contribution in [2.75, 3.05) is 18.0 Å². The van der Waals surface area contributed by atoms with Crippen LogP contribution in [0.1, 0.15) is 38.7 Å². The molecule has 1 nitrogen and oxygen atoms in total. The summed E-state index contributed by atoms with van der Waals surface area (Å²) in [6, 6.07) is 6.49. The Balaban J connectivity index is 2.10. The van der Waals surface area contributed by atoms with Crippen molar-refractivity contribution >= 4 is 33.2 Å². The lowest BCUT2D eigenvalue weighted by atomic mass is 9.89. The average molecular weight is 345 g/mol. The highest BCUT2D eigenvalue weighted by Crippen LogP contribution is 2.32. The van der Waals surface area contributed by atoms with E-state index in [0.717, 1.165) is 11.8 Å². The van der Waals surface area contributed by atoms with Gasteiger partial charge in [-0.05, 0) is 64.7 Å². The summed E-state index contributed by atoms with van der Waals surface area (Å²) in [5.74, 6) is 2.27. The molecule has 1 aromatic rings. The highest BCUT2D eigenvalue weighted by atomic mass is 79.9. The van der Waals surface area contributed by atoms with Crippen LogP contribution in [0.5, 0.6) is 0 Å². The summed E-state index contributed by atoms with van der Waals surface area (Å²) in [6.07, 6.45) is 3.97. The SMILES string of the molecule is CC(C)C1CCCN(c2ccc(CCl)cc2Br)CC1. The van der Waals surface area contributed by atoms with E-state index in [2.05, 4.69) is 52.9 Å². The van der Waals surface area contributed by atoms with Crippen LogP contribution in [0.15, 0.2) is 22.7 Å². The summed E-state index contributed by atoms with van der Waals surface area (Å²) in [5.41, 5.74) is 2.49. The van der Waals surface area contributed by atoms with Crippen LogP contribution in [0.3, 0.4) is 0 Å². The van der Waals surface area contributed by atoms with Gasteiger partial charge < -0.3 is 4.90 Å². The van der Waals surface area contributed by atoms with Crippen molar-refractivity contribution in [3.63, 3.8) is 0 Å². The maximum atomic E-state index is 5.88. The fraction of sp³-hybridized carbons (Fsp3) is 0.625. The number of rotatable bonds is 3. The minimum absolute atomic E-state index is 0.578. The maximum Gasteiger partial charge on any atom is 0.0510 e. The smallest absolute Gasteiger partial charge is 0.0510 e. The lowest BCUT2D eigenvalue weighted by Crippen LogP contribution is -2.24. The highest BCUT2D eigenvalue weighted by Gasteiger charge is 2.20. The van der Waals surface area contributed by atoms with E-state index in [1.54, 1.807) is 0 Å².